The molecule has 14 heteroatoms. The van der Waals surface area contributed by atoms with Crippen molar-refractivity contribution in [2.75, 3.05) is 19.8 Å². The molecule has 1 amide bonds. The van der Waals surface area contributed by atoms with Crippen LogP contribution >= 0.6 is 0 Å². The number of unbranched alkanes of at least 4 members (excludes halogenated alkanes) is 3. The van der Waals surface area contributed by atoms with Crippen molar-refractivity contribution in [3.8, 4) is 0 Å². The minimum atomic E-state index is -1.77. The molecule has 37 heavy (non-hydrogen) atoms. The maximum Gasteiger partial charge on any atom is 0.217 e. The molecule has 0 aromatic heterocycles. The highest BCUT2D eigenvalue weighted by Crippen LogP contribution is 2.29. The number of ether oxygens (including phenoxy) is 4. The zero-order valence-corrected chi connectivity index (χ0v) is 21.2. The molecule has 2 rings (SSSR count). The minimum Gasteiger partial charge on any atom is -0.394 e. The van der Waals surface area contributed by atoms with Gasteiger partial charge in [0.05, 0.1) is 32.0 Å². The third-order valence-electron chi connectivity index (χ3n) is 6.61. The van der Waals surface area contributed by atoms with E-state index in [2.05, 4.69) is 12.2 Å². The highest BCUT2D eigenvalue weighted by Gasteiger charge is 2.50. The molecule has 0 saturated carbocycles. The van der Waals surface area contributed by atoms with Crippen LogP contribution in [-0.4, -0.2) is 140 Å². The van der Waals surface area contributed by atoms with Crippen LogP contribution in [0.25, 0.3) is 0 Å². The molecule has 2 aliphatic heterocycles. The van der Waals surface area contributed by atoms with Crippen LogP contribution in [0.1, 0.15) is 46.0 Å². The third-order valence-corrected chi connectivity index (χ3v) is 6.61. The smallest absolute Gasteiger partial charge is 0.217 e. The second kappa shape index (κ2) is 15.5. The maximum atomic E-state index is 11.6. The van der Waals surface area contributed by atoms with Crippen molar-refractivity contribution in [3.63, 3.8) is 0 Å². The Kier molecular flexibility index (Phi) is 13.5. The summed E-state index contributed by atoms with van der Waals surface area (Å²) in [4.78, 5) is 11.6. The van der Waals surface area contributed by atoms with Crippen LogP contribution < -0.4 is 5.32 Å². The molecule has 0 aliphatic carbocycles. The lowest BCUT2D eigenvalue weighted by Crippen LogP contribution is -2.65. The van der Waals surface area contributed by atoms with Crippen molar-refractivity contribution in [2.24, 2.45) is 0 Å². The van der Waals surface area contributed by atoms with E-state index in [-0.39, 0.29) is 6.61 Å². The Balaban J connectivity index is 2.02. The van der Waals surface area contributed by atoms with Crippen LogP contribution in [0.5, 0.6) is 0 Å². The first-order chi connectivity index (χ1) is 17.5. The van der Waals surface area contributed by atoms with Gasteiger partial charge in [-0.3, -0.25) is 4.79 Å². The number of amides is 1. The van der Waals surface area contributed by atoms with Gasteiger partial charge < -0.3 is 65.1 Å². The van der Waals surface area contributed by atoms with Gasteiger partial charge in [-0.15, -0.1) is 0 Å². The van der Waals surface area contributed by atoms with Crippen molar-refractivity contribution in [3.05, 3.63) is 0 Å². The summed E-state index contributed by atoms with van der Waals surface area (Å²) >= 11 is 0. The van der Waals surface area contributed by atoms with Crippen LogP contribution in [0.15, 0.2) is 0 Å². The Morgan fingerprint density at radius 3 is 2.08 bits per heavy atom. The van der Waals surface area contributed by atoms with Crippen LogP contribution in [0.2, 0.25) is 0 Å². The molecule has 2 heterocycles. The monoisotopic (exact) mass is 541 g/mol. The lowest BCUT2D eigenvalue weighted by atomic mass is 9.97. The fourth-order valence-corrected chi connectivity index (χ4v) is 4.38. The van der Waals surface area contributed by atoms with E-state index in [0.717, 1.165) is 25.7 Å². The number of aliphatic hydroxyl groups is 8. The summed E-state index contributed by atoms with van der Waals surface area (Å²) in [6.07, 6.45) is -12.5. The molecule has 2 saturated heterocycles. The lowest BCUT2D eigenvalue weighted by molar-refractivity contribution is -0.359. The molecule has 0 radical (unpaired) electrons. The van der Waals surface area contributed by atoms with E-state index in [9.17, 15) is 45.6 Å². The summed E-state index contributed by atoms with van der Waals surface area (Å²) in [6, 6.07) is -0.817. The van der Waals surface area contributed by atoms with E-state index in [0.29, 0.717) is 6.42 Å². The summed E-state index contributed by atoms with van der Waals surface area (Å²) in [5.74, 6) is -0.396. The Bertz CT molecular complexity index is 669. The van der Waals surface area contributed by atoms with E-state index in [4.69, 9.17) is 18.9 Å². The molecule has 0 aromatic carbocycles. The second-order valence-electron chi connectivity index (χ2n) is 9.56. The van der Waals surface area contributed by atoms with Gasteiger partial charge >= 0.3 is 0 Å². The van der Waals surface area contributed by atoms with Gasteiger partial charge in [-0.2, -0.15) is 0 Å². The summed E-state index contributed by atoms with van der Waals surface area (Å²) in [7, 11) is 0. The molecular formula is C23H43NO13. The minimum absolute atomic E-state index is 0.265. The fraction of sp³-hybridized carbons (Fsp3) is 0.957. The quantitative estimate of drug-likeness (QED) is 0.0972. The summed E-state index contributed by atoms with van der Waals surface area (Å²) in [6.45, 7) is 1.68. The third kappa shape index (κ3) is 8.74. The average Bonchev–Trinajstić information content (AvgIpc) is 2.87. The largest absolute Gasteiger partial charge is 0.394 e. The number of nitrogens with one attached hydrogen (secondary N) is 1. The molecule has 0 aromatic rings. The van der Waals surface area contributed by atoms with Crippen LogP contribution in [0.3, 0.4) is 0 Å². The molecule has 2 aliphatic rings. The first kappa shape index (κ1) is 32.2. The molecule has 0 bridgehead atoms. The SMILES string of the molecule is CCCCCCC(O)C(COC1OC(CO)C(OC2OC(CO)C(O)C(O)C2O)C(O)C1O)NC(C)=O. The molecule has 14 nitrogen and oxygen atoms in total. The summed E-state index contributed by atoms with van der Waals surface area (Å²) in [5.41, 5.74) is 0. The van der Waals surface area contributed by atoms with Crippen molar-refractivity contribution in [1.29, 1.82) is 0 Å². The van der Waals surface area contributed by atoms with Crippen LogP contribution in [0.4, 0.5) is 0 Å². The van der Waals surface area contributed by atoms with Crippen LogP contribution in [0, 0.1) is 0 Å². The van der Waals surface area contributed by atoms with Gasteiger partial charge in [-0.25, -0.2) is 0 Å². The van der Waals surface area contributed by atoms with E-state index in [1.165, 1.54) is 6.92 Å². The summed E-state index contributed by atoms with van der Waals surface area (Å²) in [5, 5.41) is 83.6. The first-order valence-electron chi connectivity index (χ1n) is 12.7. The van der Waals surface area contributed by atoms with Gasteiger partial charge in [-0.05, 0) is 6.42 Å². The van der Waals surface area contributed by atoms with Crippen molar-refractivity contribution >= 4 is 5.91 Å². The van der Waals surface area contributed by atoms with Crippen molar-refractivity contribution in [2.45, 2.75) is 120 Å². The Morgan fingerprint density at radius 1 is 0.865 bits per heavy atom. The molecule has 12 unspecified atom stereocenters. The van der Waals surface area contributed by atoms with Gasteiger partial charge in [0.25, 0.3) is 0 Å². The zero-order valence-electron chi connectivity index (χ0n) is 21.2. The highest BCUT2D eigenvalue weighted by molar-refractivity contribution is 5.73. The van der Waals surface area contributed by atoms with E-state index in [1.54, 1.807) is 0 Å². The maximum absolute atomic E-state index is 11.6. The average molecular weight is 542 g/mol. The number of carbonyl (C=O) groups excluding carboxylic acids is 1. The molecular weight excluding hydrogens is 498 g/mol. The topological polar surface area (TPSA) is 228 Å². The number of aliphatic hydroxyl groups excluding tert-OH is 8. The highest BCUT2D eigenvalue weighted by atomic mass is 16.7. The molecule has 12 atom stereocenters. The standard InChI is InChI=1S/C23H43NO13/c1-3-4-5-6-7-13(28)12(24-11(2)27)10-34-22-20(33)18(31)21(15(9-26)36-22)37-23-19(32)17(30)16(29)14(8-25)35-23/h12-23,25-26,28-33H,3-10H2,1-2H3,(H,24,27). The lowest BCUT2D eigenvalue weighted by Gasteiger charge is -2.46. The number of hydrogen-bond donors (Lipinski definition) is 9. The first-order valence-corrected chi connectivity index (χ1v) is 12.7. The van der Waals surface area contributed by atoms with Gasteiger partial charge in [0, 0.05) is 6.92 Å². The Morgan fingerprint density at radius 2 is 1.49 bits per heavy atom. The summed E-state index contributed by atoms with van der Waals surface area (Å²) < 4.78 is 21.9. The Labute approximate surface area is 215 Å². The van der Waals surface area contributed by atoms with Gasteiger partial charge in [0.1, 0.15) is 48.8 Å². The molecule has 9 N–H and O–H groups in total. The van der Waals surface area contributed by atoms with Gasteiger partial charge in [0.2, 0.25) is 5.91 Å². The van der Waals surface area contributed by atoms with Crippen LogP contribution in [-0.2, 0) is 23.7 Å². The molecule has 2 fully saturated rings. The normalized spacial score (nSPS) is 38.2. The fourth-order valence-electron chi connectivity index (χ4n) is 4.38. The number of carbonyl (C=O) groups is 1. The number of hydrogen-bond acceptors (Lipinski definition) is 13. The van der Waals surface area contributed by atoms with Gasteiger partial charge in [0.15, 0.2) is 12.6 Å². The molecule has 218 valence electrons. The molecule has 0 spiro atoms. The predicted octanol–water partition coefficient (Wildman–Crippen LogP) is -3.54. The Hall–Kier alpha value is -1.01. The number of rotatable bonds is 14. The van der Waals surface area contributed by atoms with E-state index in [1.807, 2.05) is 0 Å². The second-order valence-corrected chi connectivity index (χ2v) is 9.56. The van der Waals surface area contributed by atoms with Gasteiger partial charge in [-0.1, -0.05) is 32.6 Å². The van der Waals surface area contributed by atoms with Crippen molar-refractivity contribution in [1.82, 2.24) is 5.32 Å². The van der Waals surface area contributed by atoms with E-state index >= 15 is 0 Å². The van der Waals surface area contributed by atoms with Crippen molar-refractivity contribution < 1.29 is 64.6 Å². The van der Waals surface area contributed by atoms with E-state index < -0.39 is 92.7 Å². The predicted molar refractivity (Wildman–Crippen MR) is 125 cm³/mol. The zero-order chi connectivity index (χ0) is 27.7.